The molecule has 0 radical (unpaired) electrons. The van der Waals surface area contributed by atoms with Crippen molar-refractivity contribution >= 4 is 5.91 Å². The summed E-state index contributed by atoms with van der Waals surface area (Å²) in [6.07, 6.45) is 0.673. The zero-order valence-corrected chi connectivity index (χ0v) is 14.9. The Labute approximate surface area is 149 Å². The smallest absolute Gasteiger partial charge is 0.252 e. The molecule has 1 amide bonds. The Kier molecular flexibility index (Phi) is 5.95. The van der Waals surface area contributed by atoms with Crippen LogP contribution in [0.4, 0.5) is 0 Å². The third-order valence-corrected chi connectivity index (χ3v) is 3.92. The van der Waals surface area contributed by atoms with Gasteiger partial charge in [-0.1, -0.05) is 57.2 Å². The van der Waals surface area contributed by atoms with E-state index in [1.807, 2.05) is 24.3 Å². The molecule has 2 aromatic rings. The number of carbonyl (C=O) groups excluding carboxylic acids is 1. The summed E-state index contributed by atoms with van der Waals surface area (Å²) in [5.74, 6) is -0.244. The van der Waals surface area contributed by atoms with Gasteiger partial charge in [-0.2, -0.15) is 5.26 Å². The lowest BCUT2D eigenvalue weighted by Gasteiger charge is -2.25. The molecule has 0 saturated heterocycles. The molecule has 2 N–H and O–H groups in total. The highest BCUT2D eigenvalue weighted by Gasteiger charge is 2.22. The monoisotopic (exact) mass is 336 g/mol. The fraction of sp³-hybridized carbons (Fsp3) is 0.333. The van der Waals surface area contributed by atoms with Gasteiger partial charge in [0.15, 0.2) is 0 Å². The third kappa shape index (κ3) is 4.91. The van der Waals surface area contributed by atoms with E-state index in [1.54, 1.807) is 24.3 Å². The van der Waals surface area contributed by atoms with E-state index in [2.05, 4.69) is 32.2 Å². The van der Waals surface area contributed by atoms with Gasteiger partial charge in [0, 0.05) is 11.1 Å². The fourth-order valence-corrected chi connectivity index (χ4v) is 2.90. The molecule has 0 saturated carbocycles. The Bertz CT molecular complexity index is 785. The van der Waals surface area contributed by atoms with Crippen LogP contribution in [0, 0.1) is 16.7 Å². The van der Waals surface area contributed by atoms with Crippen molar-refractivity contribution in [3.8, 4) is 17.2 Å². The topological polar surface area (TPSA) is 73.1 Å². The summed E-state index contributed by atoms with van der Waals surface area (Å²) in [4.78, 5) is 12.8. The maximum atomic E-state index is 12.8. The maximum Gasteiger partial charge on any atom is 0.252 e. The Morgan fingerprint density at radius 3 is 2.32 bits per heavy atom. The number of nitriles is 1. The van der Waals surface area contributed by atoms with Gasteiger partial charge in [0.25, 0.3) is 5.91 Å². The van der Waals surface area contributed by atoms with E-state index in [1.165, 1.54) is 0 Å². The van der Waals surface area contributed by atoms with Gasteiger partial charge in [0.1, 0.15) is 0 Å². The minimum Gasteiger partial charge on any atom is -0.394 e. The number of carbonyl (C=O) groups is 1. The third-order valence-electron chi connectivity index (χ3n) is 3.92. The van der Waals surface area contributed by atoms with E-state index < -0.39 is 0 Å². The molecule has 130 valence electrons. The summed E-state index contributed by atoms with van der Waals surface area (Å²) in [5.41, 5.74) is 2.46. The van der Waals surface area contributed by atoms with Crippen molar-refractivity contribution in [1.82, 2.24) is 5.32 Å². The zero-order valence-electron chi connectivity index (χ0n) is 14.9. The average molecular weight is 336 g/mol. The van der Waals surface area contributed by atoms with Crippen molar-refractivity contribution in [1.29, 1.82) is 5.26 Å². The van der Waals surface area contributed by atoms with Gasteiger partial charge >= 0.3 is 0 Å². The van der Waals surface area contributed by atoms with E-state index in [4.69, 9.17) is 0 Å². The first-order valence-electron chi connectivity index (χ1n) is 8.36. The lowest BCUT2D eigenvalue weighted by atomic mass is 9.88. The lowest BCUT2D eigenvalue weighted by Crippen LogP contribution is -2.40. The number of nitrogens with zero attached hydrogens (tertiary/aromatic N) is 1. The van der Waals surface area contributed by atoms with Gasteiger partial charge in [-0.05, 0) is 29.5 Å². The van der Waals surface area contributed by atoms with E-state index in [-0.39, 0.29) is 24.0 Å². The standard InChI is InChI=1S/C21H24N2O2/c1-21(2,3)12-16(14-24)23-20(25)19-11-7-6-10-18(19)17-9-5-4-8-15(17)13-22/h4-11,16,24H,12,14H2,1-3H3,(H,23,25). The number of benzene rings is 2. The molecule has 0 aliphatic heterocycles. The molecule has 1 unspecified atom stereocenters. The maximum absolute atomic E-state index is 12.8. The van der Waals surface area contributed by atoms with Crippen molar-refractivity contribution in [2.75, 3.05) is 6.61 Å². The van der Waals surface area contributed by atoms with Crippen molar-refractivity contribution in [3.05, 3.63) is 59.7 Å². The number of hydrogen-bond acceptors (Lipinski definition) is 3. The Hall–Kier alpha value is -2.64. The summed E-state index contributed by atoms with van der Waals surface area (Å²) < 4.78 is 0. The Morgan fingerprint density at radius 2 is 1.72 bits per heavy atom. The highest BCUT2D eigenvalue weighted by molar-refractivity contribution is 6.01. The highest BCUT2D eigenvalue weighted by Crippen LogP contribution is 2.27. The summed E-state index contributed by atoms with van der Waals surface area (Å²) in [6, 6.07) is 16.3. The van der Waals surface area contributed by atoms with E-state index in [0.717, 1.165) is 5.56 Å². The molecule has 0 aromatic heterocycles. The fourth-order valence-electron chi connectivity index (χ4n) is 2.90. The molecule has 1 atom stereocenters. The van der Waals surface area contributed by atoms with Crippen molar-refractivity contribution < 1.29 is 9.90 Å². The molecular formula is C21H24N2O2. The molecule has 0 aliphatic rings. The molecule has 4 nitrogen and oxygen atoms in total. The minimum absolute atomic E-state index is 0.00635. The molecule has 0 heterocycles. The number of hydrogen-bond donors (Lipinski definition) is 2. The second-order valence-electron chi connectivity index (χ2n) is 7.32. The number of nitrogens with one attached hydrogen (secondary N) is 1. The molecule has 0 aliphatic carbocycles. The van der Waals surface area contributed by atoms with E-state index >= 15 is 0 Å². The normalized spacial score (nSPS) is 12.3. The van der Waals surface area contributed by atoms with Crippen LogP contribution < -0.4 is 5.32 Å². The van der Waals surface area contributed by atoms with Gasteiger partial charge in [-0.3, -0.25) is 4.79 Å². The van der Waals surface area contributed by atoms with Gasteiger partial charge < -0.3 is 10.4 Å². The predicted molar refractivity (Wildman–Crippen MR) is 99.0 cm³/mol. The molecule has 4 heteroatoms. The molecule has 2 rings (SSSR count). The molecule has 0 spiro atoms. The first kappa shape index (κ1) is 18.7. The average Bonchev–Trinajstić information content (AvgIpc) is 2.59. The first-order chi connectivity index (χ1) is 11.9. The zero-order chi connectivity index (χ0) is 18.4. The molecule has 2 aromatic carbocycles. The molecule has 25 heavy (non-hydrogen) atoms. The van der Waals surface area contributed by atoms with Crippen LogP contribution in [0.3, 0.4) is 0 Å². The SMILES string of the molecule is CC(C)(C)CC(CO)NC(=O)c1ccccc1-c1ccccc1C#N. The molecule has 0 fully saturated rings. The van der Waals surface area contributed by atoms with Crippen LogP contribution in [0.5, 0.6) is 0 Å². The summed E-state index contributed by atoms with van der Waals surface area (Å²) in [5, 5.41) is 21.8. The van der Waals surface area contributed by atoms with Crippen LogP contribution in [0.2, 0.25) is 0 Å². The first-order valence-corrected chi connectivity index (χ1v) is 8.36. The minimum atomic E-state index is -0.313. The van der Waals surface area contributed by atoms with E-state index in [0.29, 0.717) is 23.1 Å². The van der Waals surface area contributed by atoms with Gasteiger partial charge in [-0.25, -0.2) is 0 Å². The number of rotatable bonds is 5. The predicted octanol–water partition coefficient (Wildman–Crippen LogP) is 3.75. The number of aliphatic hydroxyl groups is 1. The van der Waals surface area contributed by atoms with Crippen LogP contribution in [-0.4, -0.2) is 23.7 Å². The second-order valence-corrected chi connectivity index (χ2v) is 7.32. The van der Waals surface area contributed by atoms with Crippen molar-refractivity contribution in [2.24, 2.45) is 5.41 Å². The van der Waals surface area contributed by atoms with Crippen LogP contribution >= 0.6 is 0 Å². The Morgan fingerprint density at radius 1 is 1.12 bits per heavy atom. The van der Waals surface area contributed by atoms with Crippen LogP contribution in [0.1, 0.15) is 43.1 Å². The second kappa shape index (κ2) is 7.96. The van der Waals surface area contributed by atoms with Gasteiger partial charge in [0.05, 0.1) is 24.3 Å². The summed E-state index contributed by atoms with van der Waals surface area (Å²) >= 11 is 0. The van der Waals surface area contributed by atoms with Crippen LogP contribution in [0.25, 0.3) is 11.1 Å². The quantitative estimate of drug-likeness (QED) is 0.873. The van der Waals surface area contributed by atoms with Crippen molar-refractivity contribution in [3.63, 3.8) is 0 Å². The molecular weight excluding hydrogens is 312 g/mol. The van der Waals surface area contributed by atoms with E-state index in [9.17, 15) is 15.2 Å². The van der Waals surface area contributed by atoms with Gasteiger partial charge in [0.2, 0.25) is 0 Å². The summed E-state index contributed by atoms with van der Waals surface area (Å²) in [6.45, 7) is 6.09. The number of aliphatic hydroxyl groups excluding tert-OH is 1. The number of amides is 1. The van der Waals surface area contributed by atoms with Crippen LogP contribution in [0.15, 0.2) is 48.5 Å². The van der Waals surface area contributed by atoms with Crippen LogP contribution in [-0.2, 0) is 0 Å². The lowest BCUT2D eigenvalue weighted by molar-refractivity contribution is 0.0898. The molecule has 0 bridgehead atoms. The highest BCUT2D eigenvalue weighted by atomic mass is 16.3. The largest absolute Gasteiger partial charge is 0.394 e. The van der Waals surface area contributed by atoms with Gasteiger partial charge in [-0.15, -0.1) is 0 Å². The van der Waals surface area contributed by atoms with Crippen molar-refractivity contribution in [2.45, 2.75) is 33.2 Å². The Balaban J connectivity index is 2.34. The summed E-state index contributed by atoms with van der Waals surface area (Å²) in [7, 11) is 0.